The summed E-state index contributed by atoms with van der Waals surface area (Å²) in [5, 5.41) is 12.9. The van der Waals surface area contributed by atoms with Crippen molar-refractivity contribution in [2.75, 3.05) is 18.4 Å². The summed E-state index contributed by atoms with van der Waals surface area (Å²) in [5.41, 5.74) is 0.528. The molecule has 0 radical (unpaired) electrons. The van der Waals surface area contributed by atoms with Crippen LogP contribution in [0.4, 0.5) is 23.7 Å². The fraction of sp³-hybridized carbons (Fsp3) is 0.240. The van der Waals surface area contributed by atoms with Crippen molar-refractivity contribution in [3.63, 3.8) is 0 Å². The summed E-state index contributed by atoms with van der Waals surface area (Å²) in [4.78, 5) is 23.3. The molecular formula is C25H22F3N5O3. The molecule has 36 heavy (non-hydrogen) atoms. The van der Waals surface area contributed by atoms with E-state index in [-0.39, 0.29) is 11.8 Å². The summed E-state index contributed by atoms with van der Waals surface area (Å²) in [6.07, 6.45) is -1.12. The van der Waals surface area contributed by atoms with Crippen LogP contribution in [0.25, 0.3) is 10.9 Å². The van der Waals surface area contributed by atoms with Gasteiger partial charge in [0.2, 0.25) is 5.88 Å². The first-order valence-corrected chi connectivity index (χ1v) is 11.2. The quantitative estimate of drug-likeness (QED) is 0.408. The van der Waals surface area contributed by atoms with Crippen molar-refractivity contribution < 1.29 is 27.8 Å². The normalized spacial score (nSPS) is 16.4. The molecule has 0 bridgehead atoms. The van der Waals surface area contributed by atoms with Crippen LogP contribution >= 0.6 is 0 Å². The number of aromatic nitrogens is 3. The lowest BCUT2D eigenvalue weighted by atomic mass is 10.2. The van der Waals surface area contributed by atoms with Gasteiger partial charge in [-0.05, 0) is 48.9 Å². The van der Waals surface area contributed by atoms with E-state index in [1.54, 1.807) is 30.3 Å². The van der Waals surface area contributed by atoms with Crippen LogP contribution in [0.1, 0.15) is 17.7 Å². The van der Waals surface area contributed by atoms with Gasteiger partial charge in [0.15, 0.2) is 0 Å². The van der Waals surface area contributed by atoms with Crippen LogP contribution in [0.3, 0.4) is 0 Å². The monoisotopic (exact) mass is 497 g/mol. The molecule has 0 aliphatic carbocycles. The number of nitrogens with one attached hydrogen (secondary N) is 1. The molecule has 1 aliphatic heterocycles. The molecule has 1 atom stereocenters. The number of anilines is 1. The number of hydrogen-bond acceptors (Lipinski definition) is 6. The highest BCUT2D eigenvalue weighted by molar-refractivity contribution is 5.98. The number of benzene rings is 2. The van der Waals surface area contributed by atoms with Crippen molar-refractivity contribution in [3.05, 3.63) is 78.4 Å². The highest BCUT2D eigenvalue weighted by atomic mass is 19.4. The van der Waals surface area contributed by atoms with Crippen molar-refractivity contribution in [1.82, 2.24) is 19.4 Å². The van der Waals surface area contributed by atoms with E-state index in [1.165, 1.54) is 29.2 Å². The number of nitrogens with zero attached hydrogens (tertiary/aromatic N) is 4. The van der Waals surface area contributed by atoms with Gasteiger partial charge in [0.05, 0.1) is 22.9 Å². The molecule has 2 aromatic carbocycles. The molecule has 1 fully saturated rings. The molecule has 11 heteroatoms. The van der Waals surface area contributed by atoms with Gasteiger partial charge in [0, 0.05) is 43.0 Å². The Bertz CT molecular complexity index is 1410. The standard InChI is InChI=1S/C25H22F3N5O3/c26-25(27,28)17-2-1-3-18(11-17)31-24(35)33-9-6-16-10-21(4-5-22(16)33)36-23-12-19(29-15-30-23)13-32-8-7-20(34)14-32/h1-6,9-12,15,20,34H,7-8,13-14H2,(H,31,35). The number of carbonyl (C=O) groups is 1. The van der Waals surface area contributed by atoms with E-state index < -0.39 is 17.8 Å². The smallest absolute Gasteiger partial charge is 0.416 e. The molecule has 8 nitrogen and oxygen atoms in total. The van der Waals surface area contributed by atoms with Gasteiger partial charge >= 0.3 is 12.2 Å². The predicted octanol–water partition coefficient (Wildman–Crippen LogP) is 4.89. The fourth-order valence-corrected chi connectivity index (χ4v) is 4.14. The second kappa shape index (κ2) is 9.59. The van der Waals surface area contributed by atoms with Gasteiger partial charge in [0.25, 0.3) is 0 Å². The van der Waals surface area contributed by atoms with E-state index in [4.69, 9.17) is 4.74 Å². The lowest BCUT2D eigenvalue weighted by molar-refractivity contribution is -0.137. The molecule has 2 N–H and O–H groups in total. The number of fused-ring (bicyclic) bond motifs is 1. The maximum atomic E-state index is 13.0. The Morgan fingerprint density at radius 2 is 2.00 bits per heavy atom. The van der Waals surface area contributed by atoms with Crippen LogP contribution in [-0.2, 0) is 12.7 Å². The SMILES string of the molecule is O=C(Nc1cccc(C(F)(F)F)c1)n1ccc2cc(Oc3cc(CN4CCC(O)C4)ncn3)ccc21. The molecule has 1 aliphatic rings. The van der Waals surface area contributed by atoms with Gasteiger partial charge in [-0.25, -0.2) is 14.8 Å². The summed E-state index contributed by atoms with van der Waals surface area (Å²) in [6.45, 7) is 1.99. The summed E-state index contributed by atoms with van der Waals surface area (Å²) >= 11 is 0. The fourth-order valence-electron chi connectivity index (χ4n) is 4.14. The largest absolute Gasteiger partial charge is 0.439 e. The lowest BCUT2D eigenvalue weighted by Crippen LogP contribution is -2.22. The number of β-amino-alcohol motifs (C(OH)–C–C–N with tert-alkyl or cyclic N) is 1. The molecule has 0 spiro atoms. The molecular weight excluding hydrogens is 475 g/mol. The highest BCUT2D eigenvalue weighted by Crippen LogP contribution is 2.31. The molecule has 5 rings (SSSR count). The average Bonchev–Trinajstić information content (AvgIpc) is 3.44. The third-order valence-corrected chi connectivity index (χ3v) is 5.88. The Morgan fingerprint density at radius 1 is 1.14 bits per heavy atom. The Kier molecular flexibility index (Phi) is 6.33. The minimum absolute atomic E-state index is 0.0413. The lowest BCUT2D eigenvalue weighted by Gasteiger charge is -2.14. The van der Waals surface area contributed by atoms with E-state index in [1.807, 2.05) is 0 Å². The molecule has 1 unspecified atom stereocenters. The maximum absolute atomic E-state index is 13.0. The third-order valence-electron chi connectivity index (χ3n) is 5.88. The number of hydrogen-bond donors (Lipinski definition) is 2. The molecule has 2 aromatic heterocycles. The van der Waals surface area contributed by atoms with E-state index in [0.29, 0.717) is 35.6 Å². The first kappa shape index (κ1) is 23.8. The molecule has 1 saturated heterocycles. The number of carbonyl (C=O) groups excluding carboxylic acids is 1. The Balaban J connectivity index is 1.29. The Labute approximate surface area is 204 Å². The predicted molar refractivity (Wildman–Crippen MR) is 126 cm³/mol. The number of alkyl halides is 3. The van der Waals surface area contributed by atoms with Crippen molar-refractivity contribution in [3.8, 4) is 11.6 Å². The van der Waals surface area contributed by atoms with Crippen molar-refractivity contribution in [2.45, 2.75) is 25.2 Å². The first-order valence-electron chi connectivity index (χ1n) is 11.2. The van der Waals surface area contributed by atoms with Crippen LogP contribution in [0.15, 0.2) is 67.1 Å². The topological polar surface area (TPSA) is 92.5 Å². The Morgan fingerprint density at radius 3 is 2.78 bits per heavy atom. The van der Waals surface area contributed by atoms with Gasteiger partial charge in [-0.15, -0.1) is 0 Å². The molecule has 0 saturated carbocycles. The summed E-state index contributed by atoms with van der Waals surface area (Å²) in [7, 11) is 0. The molecule has 1 amide bonds. The highest BCUT2D eigenvalue weighted by Gasteiger charge is 2.30. The number of aliphatic hydroxyl groups is 1. The Hall–Kier alpha value is -3.96. The minimum atomic E-state index is -4.50. The number of aliphatic hydroxyl groups excluding tert-OH is 1. The van der Waals surface area contributed by atoms with E-state index >= 15 is 0 Å². The molecule has 4 aromatic rings. The third kappa shape index (κ3) is 5.31. The second-order valence-electron chi connectivity index (χ2n) is 8.54. The van der Waals surface area contributed by atoms with Crippen molar-refractivity contribution >= 4 is 22.6 Å². The summed E-state index contributed by atoms with van der Waals surface area (Å²) in [5.74, 6) is 0.862. The van der Waals surface area contributed by atoms with Crippen LogP contribution < -0.4 is 10.1 Å². The zero-order valence-electron chi connectivity index (χ0n) is 18.9. The van der Waals surface area contributed by atoms with Crippen molar-refractivity contribution in [1.29, 1.82) is 0 Å². The number of ether oxygens (including phenoxy) is 1. The minimum Gasteiger partial charge on any atom is -0.439 e. The summed E-state index contributed by atoms with van der Waals surface area (Å²) in [6, 6.07) is 12.4. The van der Waals surface area contributed by atoms with Crippen LogP contribution in [0.2, 0.25) is 0 Å². The van der Waals surface area contributed by atoms with Crippen molar-refractivity contribution in [2.24, 2.45) is 0 Å². The van der Waals surface area contributed by atoms with Crippen LogP contribution in [0, 0.1) is 0 Å². The van der Waals surface area contributed by atoms with Crippen LogP contribution in [0.5, 0.6) is 11.6 Å². The number of amides is 1. The van der Waals surface area contributed by atoms with E-state index in [9.17, 15) is 23.1 Å². The van der Waals surface area contributed by atoms with Gasteiger partial charge in [-0.3, -0.25) is 9.47 Å². The van der Waals surface area contributed by atoms with E-state index in [2.05, 4.69) is 20.2 Å². The second-order valence-corrected chi connectivity index (χ2v) is 8.54. The van der Waals surface area contributed by atoms with Gasteiger partial charge < -0.3 is 15.2 Å². The zero-order valence-corrected chi connectivity index (χ0v) is 18.9. The maximum Gasteiger partial charge on any atom is 0.416 e. The van der Waals surface area contributed by atoms with Crippen LogP contribution in [-0.4, -0.2) is 49.8 Å². The zero-order chi connectivity index (χ0) is 25.3. The summed E-state index contributed by atoms with van der Waals surface area (Å²) < 4.78 is 46.1. The van der Waals surface area contributed by atoms with Gasteiger partial charge in [-0.2, -0.15) is 13.2 Å². The molecule has 186 valence electrons. The number of halogens is 3. The first-order chi connectivity index (χ1) is 17.2. The van der Waals surface area contributed by atoms with E-state index in [0.717, 1.165) is 30.8 Å². The average molecular weight is 497 g/mol. The van der Waals surface area contributed by atoms with Gasteiger partial charge in [0.1, 0.15) is 12.1 Å². The molecule has 3 heterocycles. The number of rotatable bonds is 5. The van der Waals surface area contributed by atoms with Gasteiger partial charge in [-0.1, -0.05) is 6.07 Å². The number of likely N-dealkylation sites (tertiary alicyclic amines) is 1.